The van der Waals surface area contributed by atoms with Crippen molar-refractivity contribution in [1.29, 1.82) is 0 Å². The standard InChI is InChI=1S/C31H50O3S/c1-18(2)12-24-17-29-30(28(16-22(9)10)26(24)14-20(5)6)27(15-21(7)8)25(13-19(3)4)23(11)31(29)35(32,33)34/h17-22H,12-16H2,1-11H3,(H,32,33,34). The van der Waals surface area contributed by atoms with Crippen LogP contribution in [0.3, 0.4) is 0 Å². The summed E-state index contributed by atoms with van der Waals surface area (Å²) in [4.78, 5) is 0.127. The van der Waals surface area contributed by atoms with E-state index in [0.29, 0.717) is 29.6 Å². The zero-order chi connectivity index (χ0) is 26.8. The van der Waals surface area contributed by atoms with Crippen molar-refractivity contribution in [2.75, 3.05) is 0 Å². The highest BCUT2D eigenvalue weighted by atomic mass is 32.2. The molecule has 0 amide bonds. The summed E-state index contributed by atoms with van der Waals surface area (Å²) >= 11 is 0. The van der Waals surface area contributed by atoms with Gasteiger partial charge in [0, 0.05) is 5.39 Å². The molecule has 0 saturated heterocycles. The Balaban J connectivity index is 3.31. The molecule has 0 radical (unpaired) electrons. The minimum absolute atomic E-state index is 0.127. The number of hydrogen-bond donors (Lipinski definition) is 1. The molecule has 1 N–H and O–H groups in total. The normalized spacial score (nSPS) is 12.9. The minimum Gasteiger partial charge on any atom is -0.282 e. The number of benzene rings is 2. The second kappa shape index (κ2) is 11.8. The highest BCUT2D eigenvalue weighted by Gasteiger charge is 2.28. The third-order valence-electron chi connectivity index (χ3n) is 6.68. The molecule has 0 atom stereocenters. The van der Waals surface area contributed by atoms with Gasteiger partial charge in [-0.1, -0.05) is 69.2 Å². The summed E-state index contributed by atoms with van der Waals surface area (Å²) in [7, 11) is -4.39. The molecule has 0 aliphatic rings. The lowest BCUT2D eigenvalue weighted by molar-refractivity contribution is 0.483. The van der Waals surface area contributed by atoms with E-state index < -0.39 is 10.1 Å². The van der Waals surface area contributed by atoms with Crippen LogP contribution in [0.25, 0.3) is 10.8 Å². The molecule has 0 aromatic heterocycles. The van der Waals surface area contributed by atoms with Crippen LogP contribution in [-0.4, -0.2) is 13.0 Å². The molecule has 0 spiro atoms. The van der Waals surface area contributed by atoms with E-state index in [-0.39, 0.29) is 4.90 Å². The van der Waals surface area contributed by atoms with Crippen LogP contribution in [-0.2, 0) is 42.2 Å². The fraction of sp³-hybridized carbons (Fsp3) is 0.677. The van der Waals surface area contributed by atoms with Crippen LogP contribution < -0.4 is 0 Å². The summed E-state index contributed by atoms with van der Waals surface area (Å²) in [5, 5.41) is 1.83. The highest BCUT2D eigenvalue weighted by Crippen LogP contribution is 2.41. The van der Waals surface area contributed by atoms with Gasteiger partial charge in [0.2, 0.25) is 0 Å². The fourth-order valence-corrected chi connectivity index (χ4v) is 6.60. The van der Waals surface area contributed by atoms with Crippen molar-refractivity contribution in [2.24, 2.45) is 29.6 Å². The zero-order valence-corrected chi connectivity index (χ0v) is 25.0. The number of fused-ring (bicyclic) bond motifs is 1. The van der Waals surface area contributed by atoms with Crippen molar-refractivity contribution in [3.8, 4) is 0 Å². The first-order valence-electron chi connectivity index (χ1n) is 13.6. The van der Waals surface area contributed by atoms with Gasteiger partial charge in [-0.3, -0.25) is 4.55 Å². The van der Waals surface area contributed by atoms with E-state index in [0.717, 1.165) is 54.0 Å². The van der Waals surface area contributed by atoms with Gasteiger partial charge in [-0.25, -0.2) is 0 Å². The van der Waals surface area contributed by atoms with E-state index in [2.05, 4.69) is 75.3 Å². The van der Waals surface area contributed by atoms with Crippen LogP contribution in [0, 0.1) is 36.5 Å². The average Bonchev–Trinajstić information content (AvgIpc) is 2.64. The number of rotatable bonds is 11. The quantitative estimate of drug-likeness (QED) is 0.314. The molecule has 2 aromatic rings. The Labute approximate surface area is 215 Å². The van der Waals surface area contributed by atoms with Gasteiger partial charge in [0.1, 0.15) is 4.90 Å². The minimum atomic E-state index is -4.39. The molecule has 2 rings (SSSR count). The molecule has 0 unspecified atom stereocenters. The van der Waals surface area contributed by atoms with E-state index in [1.165, 1.54) is 22.3 Å². The molecule has 0 fully saturated rings. The van der Waals surface area contributed by atoms with Crippen LogP contribution in [0.1, 0.15) is 103 Å². The first-order chi connectivity index (χ1) is 16.0. The summed E-state index contributed by atoms with van der Waals surface area (Å²) in [5.74, 6) is 2.22. The van der Waals surface area contributed by atoms with Crippen LogP contribution >= 0.6 is 0 Å². The molecule has 0 bridgehead atoms. The Morgan fingerprint density at radius 3 is 1.40 bits per heavy atom. The van der Waals surface area contributed by atoms with E-state index in [1.807, 2.05) is 6.92 Å². The first kappa shape index (κ1) is 29.8. The Kier molecular flexibility index (Phi) is 10.0. The highest BCUT2D eigenvalue weighted by molar-refractivity contribution is 7.86. The molecule has 35 heavy (non-hydrogen) atoms. The third kappa shape index (κ3) is 7.32. The summed E-state index contributed by atoms with van der Waals surface area (Å²) < 4.78 is 36.4. The van der Waals surface area contributed by atoms with Crippen LogP contribution in [0.4, 0.5) is 0 Å². The van der Waals surface area contributed by atoms with Crippen LogP contribution in [0.5, 0.6) is 0 Å². The molecule has 3 nitrogen and oxygen atoms in total. The van der Waals surface area contributed by atoms with Crippen molar-refractivity contribution < 1.29 is 13.0 Å². The van der Waals surface area contributed by atoms with Crippen molar-refractivity contribution in [3.63, 3.8) is 0 Å². The van der Waals surface area contributed by atoms with Gasteiger partial charge in [-0.2, -0.15) is 8.42 Å². The summed E-state index contributed by atoms with van der Waals surface area (Å²) in [5.41, 5.74) is 7.10. The van der Waals surface area contributed by atoms with E-state index in [4.69, 9.17) is 0 Å². The molecule has 0 heterocycles. The monoisotopic (exact) mass is 502 g/mol. The van der Waals surface area contributed by atoms with Crippen molar-refractivity contribution in [2.45, 2.75) is 113 Å². The molecule has 2 aromatic carbocycles. The molecular formula is C31H50O3S. The van der Waals surface area contributed by atoms with Gasteiger partial charge in [-0.05, 0) is 113 Å². The SMILES string of the molecule is Cc1c(CC(C)C)c(CC(C)C)c2c(CC(C)C)c(CC(C)C)c(CC(C)C)cc2c1S(=O)(=O)O. The zero-order valence-electron chi connectivity index (χ0n) is 24.2. The predicted octanol–water partition coefficient (Wildman–Crippen LogP) is 8.39. The van der Waals surface area contributed by atoms with Crippen molar-refractivity contribution in [3.05, 3.63) is 39.4 Å². The topological polar surface area (TPSA) is 54.4 Å². The van der Waals surface area contributed by atoms with Crippen molar-refractivity contribution >= 4 is 20.9 Å². The predicted molar refractivity (Wildman–Crippen MR) is 151 cm³/mol. The fourth-order valence-electron chi connectivity index (χ4n) is 5.65. The van der Waals surface area contributed by atoms with E-state index in [1.54, 1.807) is 0 Å². The average molecular weight is 503 g/mol. The largest absolute Gasteiger partial charge is 0.295 e. The van der Waals surface area contributed by atoms with Gasteiger partial charge >= 0.3 is 0 Å². The molecular weight excluding hydrogens is 452 g/mol. The molecule has 0 saturated carbocycles. The number of hydrogen-bond acceptors (Lipinski definition) is 2. The van der Waals surface area contributed by atoms with Gasteiger partial charge < -0.3 is 0 Å². The van der Waals surface area contributed by atoms with Gasteiger partial charge in [0.25, 0.3) is 10.1 Å². The third-order valence-corrected chi connectivity index (χ3v) is 7.72. The Hall–Kier alpha value is -1.39. The summed E-state index contributed by atoms with van der Waals surface area (Å²) in [6.07, 6.45) is 4.50. The molecule has 198 valence electrons. The van der Waals surface area contributed by atoms with Crippen LogP contribution in [0.15, 0.2) is 11.0 Å². The molecule has 4 heteroatoms. The maximum Gasteiger partial charge on any atom is 0.295 e. The smallest absolute Gasteiger partial charge is 0.282 e. The maximum absolute atomic E-state index is 12.9. The second-order valence-corrected chi connectivity index (χ2v) is 14.1. The van der Waals surface area contributed by atoms with E-state index >= 15 is 0 Å². The lowest BCUT2D eigenvalue weighted by atomic mass is 9.78. The van der Waals surface area contributed by atoms with Gasteiger partial charge in [-0.15, -0.1) is 0 Å². The first-order valence-corrected chi connectivity index (χ1v) is 15.1. The Bertz CT molecular complexity index is 1140. The van der Waals surface area contributed by atoms with E-state index in [9.17, 15) is 13.0 Å². The molecule has 0 aliphatic carbocycles. The van der Waals surface area contributed by atoms with Gasteiger partial charge in [0.05, 0.1) is 0 Å². The molecule has 0 aliphatic heterocycles. The second-order valence-electron chi connectivity index (χ2n) is 12.8. The van der Waals surface area contributed by atoms with Gasteiger partial charge in [0.15, 0.2) is 0 Å². The van der Waals surface area contributed by atoms with Crippen LogP contribution in [0.2, 0.25) is 0 Å². The summed E-state index contributed by atoms with van der Waals surface area (Å²) in [6, 6.07) is 2.12. The maximum atomic E-state index is 12.9. The lowest BCUT2D eigenvalue weighted by Crippen LogP contribution is -2.16. The lowest BCUT2D eigenvalue weighted by Gasteiger charge is -2.28. The Morgan fingerprint density at radius 2 is 1.00 bits per heavy atom. The van der Waals surface area contributed by atoms with Crippen molar-refractivity contribution in [1.82, 2.24) is 0 Å². The summed E-state index contributed by atoms with van der Waals surface area (Å²) in [6.45, 7) is 24.2. The Morgan fingerprint density at radius 1 is 0.629 bits per heavy atom.